The van der Waals surface area contributed by atoms with Crippen LogP contribution in [0.2, 0.25) is 0 Å². The lowest BCUT2D eigenvalue weighted by atomic mass is 10.0. The fourth-order valence-corrected chi connectivity index (χ4v) is 1.89. The van der Waals surface area contributed by atoms with Crippen LogP contribution in [0, 0.1) is 11.3 Å². The first-order valence-electron chi connectivity index (χ1n) is 6.37. The molecule has 3 nitrogen and oxygen atoms in total. The first-order valence-corrected chi connectivity index (χ1v) is 6.37. The fraction of sp³-hybridized carbons (Fsp3) is 0.118. The summed E-state index contributed by atoms with van der Waals surface area (Å²) in [4.78, 5) is 0. The van der Waals surface area contributed by atoms with E-state index >= 15 is 0 Å². The maximum absolute atomic E-state index is 9.49. The van der Waals surface area contributed by atoms with E-state index in [1.54, 1.807) is 12.1 Å². The summed E-state index contributed by atoms with van der Waals surface area (Å²) in [6.07, 6.45) is 2.73. The fourth-order valence-electron chi connectivity index (χ4n) is 1.89. The highest BCUT2D eigenvalue weighted by Crippen LogP contribution is 2.28. The Balaban J connectivity index is 2.37. The molecule has 0 amide bonds. The van der Waals surface area contributed by atoms with Crippen LogP contribution in [0.3, 0.4) is 0 Å². The predicted molar refractivity (Wildman–Crippen MR) is 79.1 cm³/mol. The van der Waals surface area contributed by atoms with Crippen molar-refractivity contribution in [1.29, 1.82) is 5.26 Å². The average Bonchev–Trinajstić information content (AvgIpc) is 2.48. The van der Waals surface area contributed by atoms with Crippen LogP contribution in [0.4, 0.5) is 0 Å². The van der Waals surface area contributed by atoms with Gasteiger partial charge in [-0.3, -0.25) is 0 Å². The molecule has 2 aromatic rings. The molecule has 2 rings (SSSR count). The topological polar surface area (TPSA) is 64.2 Å². The number of nitriles is 1. The summed E-state index contributed by atoms with van der Waals surface area (Å²) in [5.41, 5.74) is 3.17. The van der Waals surface area contributed by atoms with E-state index < -0.39 is 0 Å². The second kappa shape index (κ2) is 5.94. The molecule has 0 radical (unpaired) electrons. The van der Waals surface area contributed by atoms with Crippen LogP contribution in [0.5, 0.6) is 11.5 Å². The summed E-state index contributed by atoms with van der Waals surface area (Å²) < 4.78 is 0. The van der Waals surface area contributed by atoms with Gasteiger partial charge in [-0.25, -0.2) is 0 Å². The molecule has 2 aromatic carbocycles. The van der Waals surface area contributed by atoms with Gasteiger partial charge in [-0.2, -0.15) is 5.26 Å². The van der Waals surface area contributed by atoms with E-state index in [-0.39, 0.29) is 11.5 Å². The van der Waals surface area contributed by atoms with Crippen molar-refractivity contribution in [3.05, 3.63) is 59.2 Å². The van der Waals surface area contributed by atoms with Gasteiger partial charge in [0.1, 0.15) is 0 Å². The van der Waals surface area contributed by atoms with Gasteiger partial charge >= 0.3 is 0 Å². The van der Waals surface area contributed by atoms with E-state index in [9.17, 15) is 15.5 Å². The SMILES string of the molecule is CCc1ccc(/C=C(\C#N)c2ccc(O)c(O)c2)cc1. The lowest BCUT2D eigenvalue weighted by Crippen LogP contribution is -1.84. The number of hydrogen-bond acceptors (Lipinski definition) is 3. The third kappa shape index (κ3) is 2.99. The molecule has 0 unspecified atom stereocenters. The van der Waals surface area contributed by atoms with Gasteiger partial charge in [-0.05, 0) is 47.4 Å². The van der Waals surface area contributed by atoms with Crippen molar-refractivity contribution in [2.24, 2.45) is 0 Å². The van der Waals surface area contributed by atoms with Crippen LogP contribution in [-0.2, 0) is 6.42 Å². The number of benzene rings is 2. The van der Waals surface area contributed by atoms with Crippen molar-refractivity contribution in [2.45, 2.75) is 13.3 Å². The Morgan fingerprint density at radius 1 is 1.10 bits per heavy atom. The zero-order chi connectivity index (χ0) is 14.5. The molecule has 0 aliphatic rings. The summed E-state index contributed by atoms with van der Waals surface area (Å²) in [6.45, 7) is 2.09. The van der Waals surface area contributed by atoms with Gasteiger partial charge in [0, 0.05) is 0 Å². The smallest absolute Gasteiger partial charge is 0.158 e. The van der Waals surface area contributed by atoms with Crippen molar-refractivity contribution in [2.75, 3.05) is 0 Å². The maximum Gasteiger partial charge on any atom is 0.158 e. The predicted octanol–water partition coefficient (Wildman–Crippen LogP) is 3.72. The average molecular weight is 265 g/mol. The van der Waals surface area contributed by atoms with E-state index in [1.165, 1.54) is 17.7 Å². The van der Waals surface area contributed by atoms with Gasteiger partial charge in [-0.1, -0.05) is 31.2 Å². The molecule has 100 valence electrons. The molecular formula is C17H15NO2. The lowest BCUT2D eigenvalue weighted by molar-refractivity contribution is 0.403. The number of hydrogen-bond donors (Lipinski definition) is 2. The number of rotatable bonds is 3. The normalized spacial score (nSPS) is 11.1. The Morgan fingerprint density at radius 3 is 2.35 bits per heavy atom. The molecule has 0 heterocycles. The largest absolute Gasteiger partial charge is 0.504 e. The van der Waals surface area contributed by atoms with Gasteiger partial charge in [0.15, 0.2) is 11.5 Å². The minimum absolute atomic E-state index is 0.196. The number of phenolic OH excluding ortho intramolecular Hbond substituents is 2. The Bertz CT molecular complexity index is 679. The van der Waals surface area contributed by atoms with Crippen LogP contribution in [-0.4, -0.2) is 10.2 Å². The molecule has 0 bridgehead atoms. The highest BCUT2D eigenvalue weighted by molar-refractivity contribution is 5.90. The van der Waals surface area contributed by atoms with Crippen molar-refractivity contribution in [3.63, 3.8) is 0 Å². The van der Waals surface area contributed by atoms with Crippen LogP contribution in [0.25, 0.3) is 11.6 Å². The molecule has 2 N–H and O–H groups in total. The molecule has 0 aromatic heterocycles. The van der Waals surface area contributed by atoms with Gasteiger partial charge in [0.25, 0.3) is 0 Å². The molecular weight excluding hydrogens is 250 g/mol. The molecule has 0 spiro atoms. The zero-order valence-corrected chi connectivity index (χ0v) is 11.2. The molecule has 0 atom stereocenters. The Morgan fingerprint density at radius 2 is 1.80 bits per heavy atom. The lowest BCUT2D eigenvalue weighted by Gasteiger charge is -2.03. The highest BCUT2D eigenvalue weighted by atomic mass is 16.3. The van der Waals surface area contributed by atoms with Crippen molar-refractivity contribution in [3.8, 4) is 17.6 Å². The number of phenols is 2. The monoisotopic (exact) mass is 265 g/mol. The number of aromatic hydroxyl groups is 2. The van der Waals surface area contributed by atoms with Gasteiger partial charge < -0.3 is 10.2 Å². The third-order valence-electron chi connectivity index (χ3n) is 3.11. The first kappa shape index (κ1) is 13.7. The minimum Gasteiger partial charge on any atom is -0.504 e. The molecule has 0 aliphatic heterocycles. The highest BCUT2D eigenvalue weighted by Gasteiger charge is 2.05. The van der Waals surface area contributed by atoms with Gasteiger partial charge in [0.2, 0.25) is 0 Å². The zero-order valence-electron chi connectivity index (χ0n) is 11.2. The van der Waals surface area contributed by atoms with E-state index in [1.807, 2.05) is 24.3 Å². The number of aryl methyl sites for hydroxylation is 1. The van der Waals surface area contributed by atoms with Crippen molar-refractivity contribution in [1.82, 2.24) is 0 Å². The minimum atomic E-state index is -0.231. The standard InChI is InChI=1S/C17H15NO2/c1-2-12-3-5-13(6-4-12)9-15(11-18)14-7-8-16(19)17(20)10-14/h3-10,19-20H,2H2,1H3/b15-9+. The molecule has 0 saturated heterocycles. The maximum atomic E-state index is 9.49. The van der Waals surface area contributed by atoms with Crippen LogP contribution in [0.1, 0.15) is 23.6 Å². The molecule has 3 heteroatoms. The number of nitrogens with zero attached hydrogens (tertiary/aromatic N) is 1. The first-order chi connectivity index (χ1) is 9.63. The Labute approximate surface area is 118 Å². The van der Waals surface area contributed by atoms with Crippen LogP contribution >= 0.6 is 0 Å². The van der Waals surface area contributed by atoms with E-state index in [2.05, 4.69) is 13.0 Å². The summed E-state index contributed by atoms with van der Waals surface area (Å²) >= 11 is 0. The summed E-state index contributed by atoms with van der Waals surface area (Å²) in [7, 11) is 0. The Hall–Kier alpha value is -2.73. The summed E-state index contributed by atoms with van der Waals surface area (Å²) in [6, 6.07) is 14.4. The van der Waals surface area contributed by atoms with E-state index in [0.29, 0.717) is 11.1 Å². The summed E-state index contributed by atoms with van der Waals surface area (Å²) in [5, 5.41) is 28.0. The second-order valence-electron chi connectivity index (χ2n) is 4.47. The third-order valence-corrected chi connectivity index (χ3v) is 3.11. The van der Waals surface area contributed by atoms with E-state index in [4.69, 9.17) is 0 Å². The van der Waals surface area contributed by atoms with Gasteiger partial charge in [-0.15, -0.1) is 0 Å². The van der Waals surface area contributed by atoms with Gasteiger partial charge in [0.05, 0.1) is 11.6 Å². The van der Waals surface area contributed by atoms with Crippen molar-refractivity contribution >= 4 is 11.6 Å². The second-order valence-corrected chi connectivity index (χ2v) is 4.47. The number of allylic oxidation sites excluding steroid dienone is 1. The Kier molecular flexibility index (Phi) is 4.07. The molecule has 20 heavy (non-hydrogen) atoms. The van der Waals surface area contributed by atoms with Crippen LogP contribution in [0.15, 0.2) is 42.5 Å². The quantitative estimate of drug-likeness (QED) is 0.505. The van der Waals surface area contributed by atoms with Crippen molar-refractivity contribution < 1.29 is 10.2 Å². The molecule has 0 saturated carbocycles. The molecule has 0 aliphatic carbocycles. The summed E-state index contributed by atoms with van der Waals surface area (Å²) in [5.74, 6) is -0.427. The van der Waals surface area contributed by atoms with E-state index in [0.717, 1.165) is 12.0 Å². The molecule has 0 fully saturated rings. The van der Waals surface area contributed by atoms with Crippen LogP contribution < -0.4 is 0 Å².